The molecule has 68 valence electrons. The second kappa shape index (κ2) is 2.05. The summed E-state index contributed by atoms with van der Waals surface area (Å²) in [5, 5.41) is 9.21. The van der Waals surface area contributed by atoms with E-state index < -0.39 is 0 Å². The van der Waals surface area contributed by atoms with E-state index in [9.17, 15) is 5.11 Å². The van der Waals surface area contributed by atoms with Crippen molar-refractivity contribution in [2.75, 3.05) is 19.7 Å². The average Bonchev–Trinajstić information content (AvgIpc) is 2.63. The van der Waals surface area contributed by atoms with Crippen LogP contribution in [0.2, 0.25) is 0 Å². The molecule has 1 N–H and O–H groups in total. The first-order valence-corrected chi connectivity index (χ1v) is 5.15. The number of rotatable bonds is 2. The first-order chi connectivity index (χ1) is 5.79. The molecule has 0 atom stereocenters. The summed E-state index contributed by atoms with van der Waals surface area (Å²) >= 11 is 0. The first kappa shape index (κ1) is 7.34. The van der Waals surface area contributed by atoms with Gasteiger partial charge in [-0.25, -0.2) is 0 Å². The molecule has 0 aromatic heterocycles. The summed E-state index contributed by atoms with van der Waals surface area (Å²) in [6, 6.07) is 0. The normalized spacial score (nSPS) is 35.8. The lowest BCUT2D eigenvalue weighted by atomic mass is 9.63. The minimum Gasteiger partial charge on any atom is -0.394 e. The van der Waals surface area contributed by atoms with Crippen molar-refractivity contribution in [3.63, 3.8) is 0 Å². The molecular formula is C10H17NO. The van der Waals surface area contributed by atoms with Gasteiger partial charge in [0, 0.05) is 18.6 Å². The average molecular weight is 167 g/mol. The van der Waals surface area contributed by atoms with Gasteiger partial charge in [0.2, 0.25) is 0 Å². The van der Waals surface area contributed by atoms with Gasteiger partial charge in [-0.1, -0.05) is 6.42 Å². The highest BCUT2D eigenvalue weighted by Crippen LogP contribution is 2.55. The molecule has 2 aliphatic carbocycles. The Kier molecular flexibility index (Phi) is 1.25. The molecular weight excluding hydrogens is 150 g/mol. The van der Waals surface area contributed by atoms with Crippen LogP contribution in [-0.4, -0.2) is 35.2 Å². The van der Waals surface area contributed by atoms with Gasteiger partial charge in [0.25, 0.3) is 0 Å². The predicted molar refractivity (Wildman–Crippen MR) is 46.9 cm³/mol. The van der Waals surface area contributed by atoms with E-state index in [0.29, 0.717) is 6.61 Å². The van der Waals surface area contributed by atoms with E-state index in [2.05, 4.69) is 4.90 Å². The summed E-state index contributed by atoms with van der Waals surface area (Å²) in [5.41, 5.74) is 0.992. The van der Waals surface area contributed by atoms with Gasteiger partial charge < -0.3 is 5.11 Å². The summed E-state index contributed by atoms with van der Waals surface area (Å²) < 4.78 is 0. The standard InChI is InChI=1S/C10H17NO/c12-8-10(4-5-10)11-6-9(7-11)2-1-3-9/h12H,1-8H2. The highest BCUT2D eigenvalue weighted by Gasteiger charge is 2.58. The Bertz CT molecular complexity index is 198. The second-order valence-corrected chi connectivity index (χ2v) is 5.09. The highest BCUT2D eigenvalue weighted by atomic mass is 16.3. The van der Waals surface area contributed by atoms with Crippen LogP contribution in [0.25, 0.3) is 0 Å². The van der Waals surface area contributed by atoms with E-state index in [4.69, 9.17) is 0 Å². The van der Waals surface area contributed by atoms with E-state index in [1.165, 1.54) is 45.2 Å². The van der Waals surface area contributed by atoms with E-state index in [1.807, 2.05) is 0 Å². The van der Waals surface area contributed by atoms with Crippen LogP contribution < -0.4 is 0 Å². The number of aliphatic hydroxyl groups is 1. The van der Waals surface area contributed by atoms with Crippen LogP contribution in [0, 0.1) is 5.41 Å². The fourth-order valence-electron chi connectivity index (χ4n) is 2.81. The number of nitrogens with zero attached hydrogens (tertiary/aromatic N) is 1. The van der Waals surface area contributed by atoms with Gasteiger partial charge >= 0.3 is 0 Å². The zero-order valence-corrected chi connectivity index (χ0v) is 7.55. The van der Waals surface area contributed by atoms with E-state index >= 15 is 0 Å². The van der Waals surface area contributed by atoms with Crippen molar-refractivity contribution in [1.82, 2.24) is 4.90 Å². The SMILES string of the molecule is OCC1(N2CC3(CCC3)C2)CC1. The highest BCUT2D eigenvalue weighted by molar-refractivity contribution is 5.12. The van der Waals surface area contributed by atoms with Crippen LogP contribution in [0.4, 0.5) is 0 Å². The molecule has 0 amide bonds. The molecule has 12 heavy (non-hydrogen) atoms. The van der Waals surface area contributed by atoms with E-state index in [-0.39, 0.29) is 5.54 Å². The molecule has 3 rings (SSSR count). The maximum atomic E-state index is 9.21. The Morgan fingerprint density at radius 2 is 1.75 bits per heavy atom. The number of likely N-dealkylation sites (tertiary alicyclic amines) is 1. The molecule has 3 fully saturated rings. The second-order valence-electron chi connectivity index (χ2n) is 5.09. The zero-order chi connectivity index (χ0) is 8.23. The molecule has 2 saturated carbocycles. The Labute approximate surface area is 73.6 Å². The third-order valence-electron chi connectivity index (χ3n) is 4.26. The minimum atomic E-state index is 0.265. The quantitative estimate of drug-likeness (QED) is 0.663. The van der Waals surface area contributed by atoms with Crippen molar-refractivity contribution >= 4 is 0 Å². The zero-order valence-electron chi connectivity index (χ0n) is 7.55. The van der Waals surface area contributed by atoms with Crippen LogP contribution in [0.1, 0.15) is 32.1 Å². The van der Waals surface area contributed by atoms with E-state index in [0.717, 1.165) is 5.41 Å². The van der Waals surface area contributed by atoms with Crippen molar-refractivity contribution in [2.45, 2.75) is 37.6 Å². The third kappa shape index (κ3) is 0.775. The largest absolute Gasteiger partial charge is 0.394 e. The summed E-state index contributed by atoms with van der Waals surface area (Å²) in [6.45, 7) is 2.96. The molecule has 0 aromatic rings. The molecule has 1 spiro atoms. The van der Waals surface area contributed by atoms with Crippen molar-refractivity contribution < 1.29 is 5.11 Å². The molecule has 0 bridgehead atoms. The maximum absolute atomic E-state index is 9.21. The Balaban J connectivity index is 1.62. The van der Waals surface area contributed by atoms with Crippen LogP contribution in [-0.2, 0) is 0 Å². The van der Waals surface area contributed by atoms with Gasteiger partial charge in [0.05, 0.1) is 6.61 Å². The van der Waals surface area contributed by atoms with Gasteiger partial charge in [0.15, 0.2) is 0 Å². The van der Waals surface area contributed by atoms with Crippen LogP contribution in [0.3, 0.4) is 0 Å². The molecule has 1 heterocycles. The van der Waals surface area contributed by atoms with Gasteiger partial charge in [-0.05, 0) is 31.1 Å². The van der Waals surface area contributed by atoms with Crippen molar-refractivity contribution in [3.05, 3.63) is 0 Å². The van der Waals surface area contributed by atoms with E-state index in [1.54, 1.807) is 0 Å². The van der Waals surface area contributed by atoms with Crippen molar-refractivity contribution in [2.24, 2.45) is 5.41 Å². The van der Waals surface area contributed by atoms with Crippen LogP contribution >= 0.6 is 0 Å². The summed E-state index contributed by atoms with van der Waals surface area (Å²) in [5.74, 6) is 0. The van der Waals surface area contributed by atoms with Crippen LogP contribution in [0.5, 0.6) is 0 Å². The summed E-state index contributed by atoms with van der Waals surface area (Å²) in [4.78, 5) is 2.52. The number of hydrogen-bond donors (Lipinski definition) is 1. The maximum Gasteiger partial charge on any atom is 0.0615 e. The molecule has 2 heteroatoms. The Morgan fingerprint density at radius 1 is 1.08 bits per heavy atom. The molecule has 0 radical (unpaired) electrons. The monoisotopic (exact) mass is 167 g/mol. The fourth-order valence-corrected chi connectivity index (χ4v) is 2.81. The topological polar surface area (TPSA) is 23.5 Å². The number of aliphatic hydroxyl groups excluding tert-OH is 1. The fraction of sp³-hybridized carbons (Fsp3) is 1.00. The molecule has 1 aliphatic heterocycles. The predicted octanol–water partition coefficient (Wildman–Crippen LogP) is 0.997. The molecule has 0 unspecified atom stereocenters. The number of hydrogen-bond acceptors (Lipinski definition) is 2. The lowest BCUT2D eigenvalue weighted by molar-refractivity contribution is -0.101. The molecule has 3 aliphatic rings. The first-order valence-electron chi connectivity index (χ1n) is 5.15. The Hall–Kier alpha value is -0.0800. The van der Waals surface area contributed by atoms with Crippen LogP contribution in [0.15, 0.2) is 0 Å². The molecule has 0 aromatic carbocycles. The smallest absolute Gasteiger partial charge is 0.0615 e. The van der Waals surface area contributed by atoms with Crippen molar-refractivity contribution in [3.8, 4) is 0 Å². The van der Waals surface area contributed by atoms with Gasteiger partial charge in [-0.3, -0.25) is 4.90 Å². The van der Waals surface area contributed by atoms with Gasteiger partial charge in [0.1, 0.15) is 0 Å². The lowest BCUT2D eigenvalue weighted by Crippen LogP contribution is -2.64. The summed E-state index contributed by atoms with van der Waals surface area (Å²) in [7, 11) is 0. The third-order valence-corrected chi connectivity index (χ3v) is 4.26. The van der Waals surface area contributed by atoms with Gasteiger partial charge in [-0.15, -0.1) is 0 Å². The minimum absolute atomic E-state index is 0.265. The van der Waals surface area contributed by atoms with Crippen molar-refractivity contribution in [1.29, 1.82) is 0 Å². The summed E-state index contributed by atoms with van der Waals surface area (Å²) in [6.07, 6.45) is 6.81. The molecule has 2 nitrogen and oxygen atoms in total. The molecule has 1 saturated heterocycles. The Morgan fingerprint density at radius 3 is 2.08 bits per heavy atom. The lowest BCUT2D eigenvalue weighted by Gasteiger charge is -2.58. The van der Waals surface area contributed by atoms with Gasteiger partial charge in [-0.2, -0.15) is 0 Å².